The summed E-state index contributed by atoms with van der Waals surface area (Å²) in [5.74, 6) is 0.958. The Morgan fingerprint density at radius 3 is 2.00 bits per heavy atom. The average Bonchev–Trinajstić information content (AvgIpc) is 1.98. The average molecular weight is 204 g/mol. The van der Waals surface area contributed by atoms with Gasteiger partial charge < -0.3 is 4.31 Å². The van der Waals surface area contributed by atoms with Gasteiger partial charge in [-0.1, -0.05) is 26.7 Å². The zero-order valence-electron chi connectivity index (χ0n) is 8.00. The Morgan fingerprint density at radius 2 is 1.83 bits per heavy atom. The zero-order valence-corrected chi connectivity index (χ0v) is 9.78. The van der Waals surface area contributed by atoms with Crippen LogP contribution in [0.1, 0.15) is 34.1 Å². The molecule has 0 atom stereocenters. The van der Waals surface area contributed by atoms with Crippen LogP contribution < -0.4 is 0 Å². The molecule has 0 aromatic rings. The molecule has 0 amide bonds. The third-order valence-electron chi connectivity index (χ3n) is 2.35. The molecule has 0 spiro atoms. The summed E-state index contributed by atoms with van der Waals surface area (Å²) in [5, 5.41) is 0. The lowest BCUT2D eigenvalue weighted by Crippen LogP contribution is -2.33. The van der Waals surface area contributed by atoms with E-state index < -0.39 is 0 Å². The topological polar surface area (TPSA) is 15.6 Å². The SMILES string of the molecule is CC1(C)CC(C)(C)N(S)/C1=N\S. The third kappa shape index (κ3) is 1.46. The summed E-state index contributed by atoms with van der Waals surface area (Å²) in [5.41, 5.74) is 0.168. The smallest absolute Gasteiger partial charge is 0.128 e. The molecule has 1 heterocycles. The van der Waals surface area contributed by atoms with Crippen molar-refractivity contribution in [2.45, 2.75) is 39.7 Å². The van der Waals surface area contributed by atoms with Crippen molar-refractivity contribution in [2.75, 3.05) is 0 Å². The lowest BCUT2D eigenvalue weighted by atomic mass is 9.85. The Bertz CT molecular complexity index is 221. The summed E-state index contributed by atoms with van der Waals surface area (Å²) in [6.07, 6.45) is 1.06. The maximum atomic E-state index is 4.42. The first-order valence-corrected chi connectivity index (χ1v) is 4.83. The summed E-state index contributed by atoms with van der Waals surface area (Å²) in [7, 11) is 0. The van der Waals surface area contributed by atoms with E-state index in [1.165, 1.54) is 0 Å². The molecule has 2 nitrogen and oxygen atoms in total. The minimum absolute atomic E-state index is 0.0776. The van der Waals surface area contributed by atoms with Gasteiger partial charge in [0.25, 0.3) is 0 Å². The van der Waals surface area contributed by atoms with Gasteiger partial charge in [0.15, 0.2) is 0 Å². The summed E-state index contributed by atoms with van der Waals surface area (Å²) in [6, 6.07) is 0. The molecule has 0 aromatic heterocycles. The second-order valence-electron chi connectivity index (χ2n) is 4.61. The Labute approximate surface area is 85.5 Å². The Balaban J connectivity index is 3.05. The van der Waals surface area contributed by atoms with E-state index in [0.717, 1.165) is 12.3 Å². The first-order valence-electron chi connectivity index (χ1n) is 4.03. The van der Waals surface area contributed by atoms with Crippen molar-refractivity contribution in [1.29, 1.82) is 0 Å². The van der Waals surface area contributed by atoms with Gasteiger partial charge in [-0.25, -0.2) is 4.40 Å². The molecule has 1 saturated heterocycles. The van der Waals surface area contributed by atoms with Crippen LogP contribution in [-0.2, 0) is 0 Å². The van der Waals surface area contributed by atoms with Gasteiger partial charge in [0, 0.05) is 11.0 Å². The first kappa shape index (κ1) is 10.3. The normalized spacial score (nSPS) is 29.8. The van der Waals surface area contributed by atoms with Crippen molar-refractivity contribution >= 4 is 31.5 Å². The summed E-state index contributed by atoms with van der Waals surface area (Å²) >= 11 is 8.38. The molecule has 0 radical (unpaired) electrons. The third-order valence-corrected chi connectivity index (χ3v) is 3.27. The van der Waals surface area contributed by atoms with Gasteiger partial charge in [-0.2, -0.15) is 0 Å². The van der Waals surface area contributed by atoms with Crippen molar-refractivity contribution in [3.8, 4) is 0 Å². The molecular formula is C8H16N2S2. The lowest BCUT2D eigenvalue weighted by molar-refractivity contribution is 0.330. The predicted molar refractivity (Wildman–Crippen MR) is 59.7 cm³/mol. The van der Waals surface area contributed by atoms with Crippen molar-refractivity contribution in [3.05, 3.63) is 0 Å². The Kier molecular flexibility index (Phi) is 2.43. The van der Waals surface area contributed by atoms with Gasteiger partial charge in [0.05, 0.1) is 0 Å². The molecule has 0 bridgehead atoms. The highest BCUT2D eigenvalue weighted by Gasteiger charge is 2.46. The molecule has 0 aromatic carbocycles. The highest BCUT2D eigenvalue weighted by atomic mass is 32.1. The van der Waals surface area contributed by atoms with E-state index in [1.54, 1.807) is 0 Å². The molecule has 1 rings (SSSR count). The van der Waals surface area contributed by atoms with E-state index in [-0.39, 0.29) is 11.0 Å². The zero-order chi connectivity index (χ0) is 9.57. The standard InChI is InChI=1S/C8H16N2S2/c1-7(2)5-8(3,4)10(12)6(7)9-11/h11-12H,5H2,1-4H3/b9-6-. The van der Waals surface area contributed by atoms with Crippen LogP contribution in [0, 0.1) is 5.41 Å². The predicted octanol–water partition coefficient (Wildman–Crippen LogP) is 2.59. The minimum atomic E-state index is 0.0776. The van der Waals surface area contributed by atoms with E-state index >= 15 is 0 Å². The van der Waals surface area contributed by atoms with Crippen LogP contribution in [0.25, 0.3) is 0 Å². The van der Waals surface area contributed by atoms with Gasteiger partial charge in [0.1, 0.15) is 5.84 Å². The van der Waals surface area contributed by atoms with Crippen LogP contribution in [0.2, 0.25) is 0 Å². The summed E-state index contributed by atoms with van der Waals surface area (Å²) in [6.45, 7) is 8.65. The van der Waals surface area contributed by atoms with Crippen LogP contribution in [0.3, 0.4) is 0 Å². The quantitative estimate of drug-likeness (QED) is 0.579. The summed E-state index contributed by atoms with van der Waals surface area (Å²) < 4.78 is 5.89. The molecule has 0 unspecified atom stereocenters. The number of hydrogen-bond donors (Lipinski definition) is 2. The summed E-state index contributed by atoms with van der Waals surface area (Å²) in [4.78, 5) is 0. The molecule has 1 aliphatic rings. The van der Waals surface area contributed by atoms with Gasteiger partial charge >= 0.3 is 0 Å². The fourth-order valence-electron chi connectivity index (χ4n) is 1.99. The molecule has 4 heteroatoms. The van der Waals surface area contributed by atoms with E-state index in [1.807, 2.05) is 4.31 Å². The molecule has 12 heavy (non-hydrogen) atoms. The number of thiol groups is 2. The van der Waals surface area contributed by atoms with Crippen molar-refractivity contribution in [1.82, 2.24) is 4.31 Å². The highest BCUT2D eigenvalue weighted by Crippen LogP contribution is 2.43. The fourth-order valence-corrected chi connectivity index (χ4v) is 2.80. The van der Waals surface area contributed by atoms with Crippen LogP contribution in [0.4, 0.5) is 0 Å². The molecule has 70 valence electrons. The minimum Gasteiger partial charge on any atom is -0.300 e. The lowest BCUT2D eigenvalue weighted by Gasteiger charge is -2.26. The second kappa shape index (κ2) is 2.84. The Morgan fingerprint density at radius 1 is 1.33 bits per heavy atom. The second-order valence-corrected chi connectivity index (χ2v) is 5.21. The molecule has 0 N–H and O–H groups in total. The Hall–Kier alpha value is 0.170. The van der Waals surface area contributed by atoms with Crippen LogP contribution in [0.5, 0.6) is 0 Å². The highest BCUT2D eigenvalue weighted by molar-refractivity contribution is 7.79. The van der Waals surface area contributed by atoms with E-state index in [2.05, 4.69) is 57.7 Å². The molecule has 1 fully saturated rings. The molecule has 0 aliphatic carbocycles. The van der Waals surface area contributed by atoms with Crippen molar-refractivity contribution in [2.24, 2.45) is 9.81 Å². The van der Waals surface area contributed by atoms with Crippen LogP contribution >= 0.6 is 25.6 Å². The van der Waals surface area contributed by atoms with Crippen LogP contribution in [0.15, 0.2) is 4.40 Å². The van der Waals surface area contributed by atoms with E-state index in [0.29, 0.717) is 0 Å². The largest absolute Gasteiger partial charge is 0.300 e. The van der Waals surface area contributed by atoms with Gasteiger partial charge in [-0.05, 0) is 33.1 Å². The number of amidine groups is 1. The van der Waals surface area contributed by atoms with Crippen molar-refractivity contribution in [3.63, 3.8) is 0 Å². The van der Waals surface area contributed by atoms with Gasteiger partial charge in [-0.3, -0.25) is 0 Å². The molecule has 1 aliphatic heterocycles. The maximum Gasteiger partial charge on any atom is 0.128 e. The number of hydrogen-bond acceptors (Lipinski definition) is 3. The first-order chi connectivity index (χ1) is 5.31. The van der Waals surface area contributed by atoms with E-state index in [9.17, 15) is 0 Å². The van der Waals surface area contributed by atoms with Crippen LogP contribution in [-0.4, -0.2) is 15.7 Å². The fraction of sp³-hybridized carbons (Fsp3) is 0.875. The van der Waals surface area contributed by atoms with Gasteiger partial charge in [0.2, 0.25) is 0 Å². The van der Waals surface area contributed by atoms with E-state index in [4.69, 9.17) is 0 Å². The monoisotopic (exact) mass is 204 g/mol. The number of rotatable bonds is 0. The van der Waals surface area contributed by atoms with Gasteiger partial charge in [-0.15, -0.1) is 0 Å². The number of nitrogens with zero attached hydrogens (tertiary/aromatic N) is 2. The van der Waals surface area contributed by atoms with Crippen molar-refractivity contribution < 1.29 is 0 Å². The maximum absolute atomic E-state index is 4.42. The molecular weight excluding hydrogens is 188 g/mol. The molecule has 0 saturated carbocycles.